The normalized spacial score (nSPS) is 10.4. The van der Waals surface area contributed by atoms with E-state index in [0.29, 0.717) is 21.6 Å². The fourth-order valence-corrected chi connectivity index (χ4v) is 1.84. The van der Waals surface area contributed by atoms with Crippen molar-refractivity contribution in [2.75, 3.05) is 11.1 Å². The third-order valence-electron chi connectivity index (χ3n) is 2.00. The Labute approximate surface area is 118 Å². The molecule has 2 aromatic rings. The number of aromatic nitrogens is 3. The maximum atomic E-state index is 6.02. The summed E-state index contributed by atoms with van der Waals surface area (Å²) in [5, 5.41) is 3.92. The molecule has 3 N–H and O–H groups in total. The van der Waals surface area contributed by atoms with E-state index in [1.165, 1.54) is 0 Å². The van der Waals surface area contributed by atoms with Crippen LogP contribution in [0.25, 0.3) is 0 Å². The van der Waals surface area contributed by atoms with Gasteiger partial charge in [-0.15, -0.1) is 11.6 Å². The number of hydrogen-bond donors (Lipinski definition) is 2. The van der Waals surface area contributed by atoms with Gasteiger partial charge in [-0.2, -0.15) is 15.0 Å². The van der Waals surface area contributed by atoms with Gasteiger partial charge < -0.3 is 11.1 Å². The molecular weight excluding hydrogens is 297 g/mol. The molecule has 0 spiro atoms. The van der Waals surface area contributed by atoms with Gasteiger partial charge in [0.15, 0.2) is 5.82 Å². The first-order valence-corrected chi connectivity index (χ1v) is 6.16. The Morgan fingerprint density at radius 3 is 2.61 bits per heavy atom. The minimum absolute atomic E-state index is 0.0910. The standard InChI is InChI=1S/C10H8Cl3N5/c11-4-8-16-9(14)18-10(17-8)15-7-2-1-5(12)3-6(7)13/h1-3H,4H2,(H3,14,15,16,17,18). The van der Waals surface area contributed by atoms with Crippen molar-refractivity contribution < 1.29 is 0 Å². The molecule has 0 atom stereocenters. The van der Waals surface area contributed by atoms with Crippen LogP contribution < -0.4 is 11.1 Å². The SMILES string of the molecule is Nc1nc(CCl)nc(Nc2ccc(Cl)cc2Cl)n1. The van der Waals surface area contributed by atoms with Gasteiger partial charge in [-0.05, 0) is 18.2 Å². The Hall–Kier alpha value is -1.30. The van der Waals surface area contributed by atoms with Crippen molar-refractivity contribution in [2.24, 2.45) is 0 Å². The summed E-state index contributed by atoms with van der Waals surface area (Å²) >= 11 is 17.5. The first kappa shape index (κ1) is 13.1. The van der Waals surface area contributed by atoms with Gasteiger partial charge in [0.1, 0.15) is 0 Å². The lowest BCUT2D eigenvalue weighted by atomic mass is 10.3. The first-order valence-electron chi connectivity index (χ1n) is 4.87. The highest BCUT2D eigenvalue weighted by atomic mass is 35.5. The summed E-state index contributed by atoms with van der Waals surface area (Å²) in [6.07, 6.45) is 0. The molecule has 0 saturated carbocycles. The van der Waals surface area contributed by atoms with Gasteiger partial charge >= 0.3 is 0 Å². The number of nitrogens with two attached hydrogens (primary N) is 1. The summed E-state index contributed by atoms with van der Waals surface area (Å²) in [7, 11) is 0. The van der Waals surface area contributed by atoms with E-state index in [2.05, 4.69) is 20.3 Å². The maximum Gasteiger partial charge on any atom is 0.232 e. The van der Waals surface area contributed by atoms with E-state index in [9.17, 15) is 0 Å². The van der Waals surface area contributed by atoms with Crippen LogP contribution in [0.15, 0.2) is 18.2 Å². The molecule has 0 fully saturated rings. The monoisotopic (exact) mass is 303 g/mol. The van der Waals surface area contributed by atoms with Crippen LogP contribution in [0.1, 0.15) is 5.82 Å². The number of nitrogens with one attached hydrogen (secondary N) is 1. The fourth-order valence-electron chi connectivity index (χ4n) is 1.26. The van der Waals surface area contributed by atoms with E-state index >= 15 is 0 Å². The molecule has 0 amide bonds. The number of halogens is 3. The van der Waals surface area contributed by atoms with Gasteiger partial charge in [0.2, 0.25) is 11.9 Å². The van der Waals surface area contributed by atoms with Crippen molar-refractivity contribution in [1.29, 1.82) is 0 Å². The number of alkyl halides is 1. The molecule has 0 saturated heterocycles. The number of nitrogen functional groups attached to an aromatic ring is 1. The summed E-state index contributed by atoms with van der Waals surface area (Å²) in [6.45, 7) is 0. The van der Waals surface area contributed by atoms with E-state index in [-0.39, 0.29) is 17.8 Å². The maximum absolute atomic E-state index is 6.02. The molecule has 0 aliphatic carbocycles. The summed E-state index contributed by atoms with van der Waals surface area (Å²) < 4.78 is 0. The van der Waals surface area contributed by atoms with Crippen molar-refractivity contribution in [3.63, 3.8) is 0 Å². The second kappa shape index (κ2) is 5.56. The highest BCUT2D eigenvalue weighted by molar-refractivity contribution is 6.36. The van der Waals surface area contributed by atoms with Crippen LogP contribution in [-0.4, -0.2) is 15.0 Å². The van der Waals surface area contributed by atoms with Gasteiger partial charge in [0.05, 0.1) is 16.6 Å². The highest BCUT2D eigenvalue weighted by Gasteiger charge is 2.06. The Morgan fingerprint density at radius 1 is 1.17 bits per heavy atom. The summed E-state index contributed by atoms with van der Waals surface area (Å²) in [6, 6.07) is 5.02. The molecule has 1 aromatic carbocycles. The van der Waals surface area contributed by atoms with Crippen molar-refractivity contribution in [3.05, 3.63) is 34.1 Å². The van der Waals surface area contributed by atoms with Crippen LogP contribution in [0.5, 0.6) is 0 Å². The summed E-state index contributed by atoms with van der Waals surface area (Å²) in [5.41, 5.74) is 6.15. The van der Waals surface area contributed by atoms with E-state index in [1.807, 2.05) is 0 Å². The smallest absolute Gasteiger partial charge is 0.232 e. The topological polar surface area (TPSA) is 76.7 Å². The lowest BCUT2D eigenvalue weighted by Crippen LogP contribution is -2.06. The number of hydrogen-bond acceptors (Lipinski definition) is 5. The van der Waals surface area contributed by atoms with E-state index in [0.717, 1.165) is 0 Å². The molecule has 8 heteroatoms. The third kappa shape index (κ3) is 3.13. The Kier molecular flexibility index (Phi) is 4.06. The second-order valence-electron chi connectivity index (χ2n) is 3.32. The van der Waals surface area contributed by atoms with E-state index in [1.54, 1.807) is 18.2 Å². The molecule has 0 aliphatic heterocycles. The van der Waals surface area contributed by atoms with Crippen LogP contribution in [0, 0.1) is 0 Å². The summed E-state index contributed by atoms with van der Waals surface area (Å²) in [4.78, 5) is 11.9. The van der Waals surface area contributed by atoms with Crippen LogP contribution in [-0.2, 0) is 5.88 Å². The molecule has 94 valence electrons. The molecular formula is C10H8Cl3N5. The van der Waals surface area contributed by atoms with Crippen molar-refractivity contribution in [2.45, 2.75) is 5.88 Å². The predicted octanol–water partition coefficient (Wildman–Crippen LogP) is 3.24. The Morgan fingerprint density at radius 2 is 1.94 bits per heavy atom. The van der Waals surface area contributed by atoms with Crippen LogP contribution in [0.3, 0.4) is 0 Å². The van der Waals surface area contributed by atoms with Crippen molar-refractivity contribution in [3.8, 4) is 0 Å². The Bertz CT molecular complexity index is 575. The van der Waals surface area contributed by atoms with Crippen molar-refractivity contribution >= 4 is 52.4 Å². The average Bonchev–Trinajstić information content (AvgIpc) is 2.32. The first-order chi connectivity index (χ1) is 8.58. The van der Waals surface area contributed by atoms with Gasteiger partial charge in [-0.1, -0.05) is 23.2 Å². The zero-order chi connectivity index (χ0) is 13.1. The second-order valence-corrected chi connectivity index (χ2v) is 4.43. The third-order valence-corrected chi connectivity index (χ3v) is 2.78. The van der Waals surface area contributed by atoms with Crippen LogP contribution >= 0.6 is 34.8 Å². The van der Waals surface area contributed by atoms with Gasteiger partial charge in [-0.25, -0.2) is 0 Å². The number of benzene rings is 1. The number of anilines is 3. The molecule has 1 aromatic heterocycles. The van der Waals surface area contributed by atoms with Gasteiger partial charge in [0, 0.05) is 5.02 Å². The molecule has 0 aliphatic rings. The highest BCUT2D eigenvalue weighted by Crippen LogP contribution is 2.27. The molecule has 2 rings (SSSR count). The van der Waals surface area contributed by atoms with Crippen LogP contribution in [0.2, 0.25) is 10.0 Å². The minimum Gasteiger partial charge on any atom is -0.368 e. The molecule has 1 heterocycles. The lowest BCUT2D eigenvalue weighted by molar-refractivity contribution is 0.979. The van der Waals surface area contributed by atoms with Crippen LogP contribution in [0.4, 0.5) is 17.6 Å². The largest absolute Gasteiger partial charge is 0.368 e. The predicted molar refractivity (Wildman–Crippen MR) is 73.5 cm³/mol. The molecule has 0 unspecified atom stereocenters. The molecule has 5 nitrogen and oxygen atoms in total. The zero-order valence-electron chi connectivity index (χ0n) is 8.99. The minimum atomic E-state index is 0.0910. The zero-order valence-corrected chi connectivity index (χ0v) is 11.3. The molecule has 0 radical (unpaired) electrons. The molecule has 0 bridgehead atoms. The van der Waals surface area contributed by atoms with Gasteiger partial charge in [-0.3, -0.25) is 0 Å². The van der Waals surface area contributed by atoms with Crippen molar-refractivity contribution in [1.82, 2.24) is 15.0 Å². The number of rotatable bonds is 3. The van der Waals surface area contributed by atoms with E-state index in [4.69, 9.17) is 40.5 Å². The fraction of sp³-hybridized carbons (Fsp3) is 0.100. The summed E-state index contributed by atoms with van der Waals surface area (Å²) in [5.74, 6) is 0.905. The van der Waals surface area contributed by atoms with Gasteiger partial charge in [0.25, 0.3) is 0 Å². The average molecular weight is 305 g/mol. The Balaban J connectivity index is 2.30. The number of nitrogens with zero attached hydrogens (tertiary/aromatic N) is 3. The lowest BCUT2D eigenvalue weighted by Gasteiger charge is -2.08. The molecule has 18 heavy (non-hydrogen) atoms. The van der Waals surface area contributed by atoms with E-state index < -0.39 is 0 Å². The quantitative estimate of drug-likeness (QED) is 0.851.